The van der Waals surface area contributed by atoms with Crippen molar-refractivity contribution >= 4 is 11.6 Å². The van der Waals surface area contributed by atoms with E-state index in [-0.39, 0.29) is 10.8 Å². The minimum absolute atomic E-state index is 0.0751. The van der Waals surface area contributed by atoms with Gasteiger partial charge in [0.1, 0.15) is 0 Å². The zero-order valence-corrected chi connectivity index (χ0v) is 12.3. The van der Waals surface area contributed by atoms with E-state index >= 15 is 0 Å². The van der Waals surface area contributed by atoms with Gasteiger partial charge in [0.2, 0.25) is 0 Å². The van der Waals surface area contributed by atoms with Gasteiger partial charge in [0.25, 0.3) is 0 Å². The van der Waals surface area contributed by atoms with Gasteiger partial charge in [0, 0.05) is 0 Å². The Balaban J connectivity index is 3.44. The number of rotatable bonds is 1. The second-order valence-electron chi connectivity index (χ2n) is 5.90. The lowest BCUT2D eigenvalue weighted by atomic mass is 9.81. The number of alkyl halides is 1. The first-order chi connectivity index (χ1) is 7.16. The largest absolute Gasteiger partial charge is 0.117 e. The minimum Gasteiger partial charge on any atom is -0.117 e. The summed E-state index contributed by atoms with van der Waals surface area (Å²) in [6, 6.07) is 2.25. The molecule has 1 aromatic rings. The van der Waals surface area contributed by atoms with Crippen LogP contribution in [0.3, 0.4) is 0 Å². The molecule has 0 amide bonds. The van der Waals surface area contributed by atoms with Crippen LogP contribution < -0.4 is 0 Å². The molecule has 0 saturated carbocycles. The molecule has 0 aromatic heterocycles. The highest BCUT2D eigenvalue weighted by atomic mass is 35.5. The molecule has 0 aliphatic carbocycles. The average molecular weight is 239 g/mol. The van der Waals surface area contributed by atoms with Crippen LogP contribution in [0.15, 0.2) is 6.07 Å². The van der Waals surface area contributed by atoms with Crippen LogP contribution in [0.4, 0.5) is 0 Å². The molecule has 0 heterocycles. The van der Waals surface area contributed by atoms with Gasteiger partial charge in [0.05, 0.1) is 5.38 Å². The standard InChI is InChI=1S/C15H23Cl/c1-9-8-10(2)12(4)13(11(9)3)14(16)15(5,6)7/h8,14H,1-7H3. The van der Waals surface area contributed by atoms with Crippen molar-refractivity contribution in [2.75, 3.05) is 0 Å². The van der Waals surface area contributed by atoms with Crippen LogP contribution in [0.5, 0.6) is 0 Å². The lowest BCUT2D eigenvalue weighted by Gasteiger charge is -2.29. The molecule has 0 nitrogen and oxygen atoms in total. The summed E-state index contributed by atoms with van der Waals surface area (Å²) in [5.41, 5.74) is 6.79. The first-order valence-corrected chi connectivity index (χ1v) is 6.31. The normalized spacial score (nSPS) is 14.0. The second kappa shape index (κ2) is 4.41. The summed E-state index contributed by atoms with van der Waals surface area (Å²) in [5.74, 6) is 0. The van der Waals surface area contributed by atoms with Crippen molar-refractivity contribution in [3.05, 3.63) is 33.9 Å². The Hall–Kier alpha value is -0.490. The van der Waals surface area contributed by atoms with Gasteiger partial charge in [-0.05, 0) is 60.9 Å². The summed E-state index contributed by atoms with van der Waals surface area (Å²) in [5, 5.41) is 0.0751. The van der Waals surface area contributed by atoms with Crippen LogP contribution in [-0.2, 0) is 0 Å². The van der Waals surface area contributed by atoms with Crippen LogP contribution in [-0.4, -0.2) is 0 Å². The fourth-order valence-corrected chi connectivity index (χ4v) is 2.39. The Morgan fingerprint density at radius 3 is 1.62 bits per heavy atom. The lowest BCUT2D eigenvalue weighted by Crippen LogP contribution is -2.16. The molecule has 0 saturated heterocycles. The van der Waals surface area contributed by atoms with Crippen LogP contribution in [0.1, 0.15) is 54.0 Å². The van der Waals surface area contributed by atoms with Crippen molar-refractivity contribution in [2.24, 2.45) is 5.41 Å². The van der Waals surface area contributed by atoms with E-state index in [9.17, 15) is 0 Å². The predicted octanol–water partition coefficient (Wildman–Crippen LogP) is 5.25. The summed E-state index contributed by atoms with van der Waals surface area (Å²) in [6.45, 7) is 15.3. The average Bonchev–Trinajstić information content (AvgIpc) is 2.13. The SMILES string of the molecule is Cc1cc(C)c(C)c(C(Cl)C(C)(C)C)c1C. The third kappa shape index (κ3) is 2.43. The number of halogens is 1. The van der Waals surface area contributed by atoms with E-state index in [1.54, 1.807) is 0 Å². The molecule has 0 aliphatic heterocycles. The summed E-state index contributed by atoms with van der Waals surface area (Å²) >= 11 is 6.64. The van der Waals surface area contributed by atoms with Gasteiger partial charge in [-0.1, -0.05) is 26.8 Å². The van der Waals surface area contributed by atoms with E-state index in [1.165, 1.54) is 27.8 Å². The fraction of sp³-hybridized carbons (Fsp3) is 0.600. The number of benzene rings is 1. The second-order valence-corrected chi connectivity index (χ2v) is 6.34. The van der Waals surface area contributed by atoms with Crippen molar-refractivity contribution in [2.45, 2.75) is 53.8 Å². The molecule has 0 N–H and O–H groups in total. The molecule has 90 valence electrons. The van der Waals surface area contributed by atoms with Gasteiger partial charge >= 0.3 is 0 Å². The van der Waals surface area contributed by atoms with E-state index in [0.29, 0.717) is 0 Å². The maximum Gasteiger partial charge on any atom is 0.0638 e. The zero-order chi connectivity index (χ0) is 12.7. The van der Waals surface area contributed by atoms with Gasteiger partial charge in [-0.2, -0.15) is 0 Å². The van der Waals surface area contributed by atoms with E-state index in [1.807, 2.05) is 0 Å². The Bertz CT molecular complexity index is 371. The topological polar surface area (TPSA) is 0 Å². The molecule has 1 atom stereocenters. The first-order valence-electron chi connectivity index (χ1n) is 5.87. The van der Waals surface area contributed by atoms with Gasteiger partial charge < -0.3 is 0 Å². The van der Waals surface area contributed by atoms with E-state index in [4.69, 9.17) is 11.6 Å². The summed E-state index contributed by atoms with van der Waals surface area (Å²) in [7, 11) is 0. The van der Waals surface area contributed by atoms with E-state index < -0.39 is 0 Å². The molecule has 16 heavy (non-hydrogen) atoms. The van der Waals surface area contributed by atoms with Gasteiger partial charge in [-0.25, -0.2) is 0 Å². The van der Waals surface area contributed by atoms with Crippen molar-refractivity contribution in [3.63, 3.8) is 0 Å². The zero-order valence-electron chi connectivity index (χ0n) is 11.5. The van der Waals surface area contributed by atoms with Gasteiger partial charge in [-0.15, -0.1) is 11.6 Å². The first kappa shape index (κ1) is 13.6. The Morgan fingerprint density at radius 1 is 0.938 bits per heavy atom. The van der Waals surface area contributed by atoms with Crippen LogP contribution in [0.25, 0.3) is 0 Å². The number of hydrogen-bond acceptors (Lipinski definition) is 0. The molecule has 1 rings (SSSR count). The Kier molecular flexibility index (Phi) is 3.74. The summed E-state index contributed by atoms with van der Waals surface area (Å²) in [6.07, 6.45) is 0. The molecule has 0 fully saturated rings. The van der Waals surface area contributed by atoms with Crippen molar-refractivity contribution in [1.29, 1.82) is 0 Å². The fourth-order valence-electron chi connectivity index (χ4n) is 2.06. The number of aryl methyl sites for hydroxylation is 2. The van der Waals surface area contributed by atoms with Crippen LogP contribution in [0.2, 0.25) is 0 Å². The molecule has 0 radical (unpaired) electrons. The molecular weight excluding hydrogens is 216 g/mol. The van der Waals surface area contributed by atoms with Crippen molar-refractivity contribution in [1.82, 2.24) is 0 Å². The molecule has 1 unspecified atom stereocenters. The number of hydrogen-bond donors (Lipinski definition) is 0. The highest BCUT2D eigenvalue weighted by molar-refractivity contribution is 6.21. The van der Waals surface area contributed by atoms with Gasteiger partial charge in [-0.3, -0.25) is 0 Å². The molecule has 1 heteroatoms. The smallest absolute Gasteiger partial charge is 0.0638 e. The van der Waals surface area contributed by atoms with Crippen LogP contribution >= 0.6 is 11.6 Å². The maximum atomic E-state index is 6.64. The molecule has 0 spiro atoms. The van der Waals surface area contributed by atoms with E-state index in [2.05, 4.69) is 54.5 Å². The minimum atomic E-state index is 0.0751. The Morgan fingerprint density at radius 2 is 1.31 bits per heavy atom. The van der Waals surface area contributed by atoms with Crippen molar-refractivity contribution < 1.29 is 0 Å². The highest BCUT2D eigenvalue weighted by Gasteiger charge is 2.27. The highest BCUT2D eigenvalue weighted by Crippen LogP contribution is 2.42. The summed E-state index contributed by atoms with van der Waals surface area (Å²) < 4.78 is 0. The Labute approximate surface area is 105 Å². The quantitative estimate of drug-likeness (QED) is 0.587. The summed E-state index contributed by atoms with van der Waals surface area (Å²) in [4.78, 5) is 0. The third-order valence-electron chi connectivity index (χ3n) is 3.44. The molecule has 1 aromatic carbocycles. The third-order valence-corrected chi connectivity index (χ3v) is 4.31. The maximum absolute atomic E-state index is 6.64. The lowest BCUT2D eigenvalue weighted by molar-refractivity contribution is 0.394. The van der Waals surface area contributed by atoms with Crippen LogP contribution in [0, 0.1) is 33.1 Å². The van der Waals surface area contributed by atoms with Gasteiger partial charge in [0.15, 0.2) is 0 Å². The monoisotopic (exact) mass is 238 g/mol. The molecule has 0 bridgehead atoms. The van der Waals surface area contributed by atoms with Crippen molar-refractivity contribution in [3.8, 4) is 0 Å². The predicted molar refractivity (Wildman–Crippen MR) is 73.4 cm³/mol. The van der Waals surface area contributed by atoms with E-state index in [0.717, 1.165) is 0 Å². The molecular formula is C15H23Cl. The molecule has 0 aliphatic rings.